The summed E-state index contributed by atoms with van der Waals surface area (Å²) in [6, 6.07) is 1.85. The summed E-state index contributed by atoms with van der Waals surface area (Å²) in [5, 5.41) is 6.46. The van der Waals surface area contributed by atoms with Crippen molar-refractivity contribution in [1.29, 1.82) is 0 Å². The highest BCUT2D eigenvalue weighted by molar-refractivity contribution is 6.31. The predicted molar refractivity (Wildman–Crippen MR) is 132 cm³/mol. The summed E-state index contributed by atoms with van der Waals surface area (Å²) in [6.07, 6.45) is 8.44. The number of fused-ring (bicyclic) bond motifs is 1. The van der Waals surface area contributed by atoms with Gasteiger partial charge in [-0.05, 0) is 31.7 Å². The largest absolute Gasteiger partial charge is 0.352 e. The second-order valence-corrected chi connectivity index (χ2v) is 9.53. The maximum absolute atomic E-state index is 12.8. The Labute approximate surface area is 206 Å². The molecule has 1 aliphatic heterocycles. The van der Waals surface area contributed by atoms with Crippen LogP contribution < -0.4 is 26.7 Å². The summed E-state index contributed by atoms with van der Waals surface area (Å²) in [5.74, 6) is 0.624. The minimum atomic E-state index is -0.596. The van der Waals surface area contributed by atoms with Gasteiger partial charge < -0.3 is 20.1 Å². The van der Waals surface area contributed by atoms with E-state index in [0.29, 0.717) is 60.7 Å². The summed E-state index contributed by atoms with van der Waals surface area (Å²) in [6.45, 7) is 2.06. The molecule has 3 aromatic rings. The maximum atomic E-state index is 12.8. The van der Waals surface area contributed by atoms with Crippen LogP contribution in [0.4, 0.5) is 5.95 Å². The number of aryl methyl sites for hydroxylation is 1. The van der Waals surface area contributed by atoms with Crippen molar-refractivity contribution in [2.24, 2.45) is 7.05 Å². The van der Waals surface area contributed by atoms with E-state index in [9.17, 15) is 14.4 Å². The Kier molecular flexibility index (Phi) is 6.52. The van der Waals surface area contributed by atoms with Crippen molar-refractivity contribution in [2.75, 3.05) is 24.5 Å². The molecule has 0 atom stereocenters. The van der Waals surface area contributed by atoms with E-state index < -0.39 is 11.1 Å². The molecule has 1 saturated heterocycles. The second-order valence-electron chi connectivity index (χ2n) is 9.09. The number of rotatable bonds is 7. The topological polar surface area (TPSA) is 127 Å². The van der Waals surface area contributed by atoms with Crippen LogP contribution in [0.3, 0.4) is 0 Å². The Hall–Kier alpha value is -3.31. The molecule has 0 aromatic carbocycles. The van der Waals surface area contributed by atoms with Crippen LogP contribution >= 0.6 is 11.6 Å². The fourth-order valence-corrected chi connectivity index (χ4v) is 4.55. The first-order valence-electron chi connectivity index (χ1n) is 11.7. The van der Waals surface area contributed by atoms with E-state index in [1.54, 1.807) is 25.5 Å². The van der Waals surface area contributed by atoms with Crippen molar-refractivity contribution < 1.29 is 4.79 Å². The molecule has 1 aliphatic carbocycles. The first kappa shape index (κ1) is 23.4. The molecule has 5 rings (SSSR count). The van der Waals surface area contributed by atoms with E-state index in [-0.39, 0.29) is 18.5 Å². The van der Waals surface area contributed by atoms with E-state index >= 15 is 0 Å². The van der Waals surface area contributed by atoms with Crippen LogP contribution in [-0.4, -0.2) is 55.7 Å². The smallest absolute Gasteiger partial charge is 0.318 e. The summed E-state index contributed by atoms with van der Waals surface area (Å²) in [4.78, 5) is 52.5. The van der Waals surface area contributed by atoms with Crippen LogP contribution in [0.1, 0.15) is 37.3 Å². The quantitative estimate of drug-likeness (QED) is 0.457. The molecule has 0 spiro atoms. The van der Waals surface area contributed by atoms with Gasteiger partial charge in [-0.2, -0.15) is 0 Å². The number of hydrogen-bond donors (Lipinski definition) is 2. The molecule has 2 aliphatic rings. The van der Waals surface area contributed by atoms with Gasteiger partial charge in [0.1, 0.15) is 0 Å². The average molecular weight is 499 g/mol. The van der Waals surface area contributed by atoms with Gasteiger partial charge in [-0.1, -0.05) is 11.6 Å². The van der Waals surface area contributed by atoms with Crippen molar-refractivity contribution in [3.63, 3.8) is 0 Å². The lowest BCUT2D eigenvalue weighted by Crippen LogP contribution is -2.45. The molecule has 2 fully saturated rings. The number of piperidine rings is 1. The SMILES string of the molecule is Cn1c(=O)c(=O)n(C2CCN(c3ncc(CNCC(=O)NC4CC4)cn3)CC2)c2ncc(Cl)cc21. The number of anilines is 1. The van der Waals surface area contributed by atoms with Crippen molar-refractivity contribution >= 4 is 34.6 Å². The van der Waals surface area contributed by atoms with Crippen LogP contribution in [0.2, 0.25) is 5.02 Å². The van der Waals surface area contributed by atoms with Crippen molar-refractivity contribution in [3.8, 4) is 0 Å². The van der Waals surface area contributed by atoms with Crippen molar-refractivity contribution in [3.05, 3.63) is 56.0 Å². The summed E-state index contributed by atoms with van der Waals surface area (Å²) >= 11 is 6.07. The third-order valence-corrected chi connectivity index (χ3v) is 6.68. The third-order valence-electron chi connectivity index (χ3n) is 6.47. The first-order valence-corrected chi connectivity index (χ1v) is 12.1. The zero-order valence-corrected chi connectivity index (χ0v) is 20.2. The van der Waals surface area contributed by atoms with Crippen molar-refractivity contribution in [1.82, 2.24) is 34.7 Å². The molecule has 35 heavy (non-hydrogen) atoms. The number of halogens is 1. The fraction of sp³-hybridized carbons (Fsp3) is 0.478. The van der Waals surface area contributed by atoms with Gasteiger partial charge in [0.25, 0.3) is 0 Å². The van der Waals surface area contributed by atoms with Crippen LogP contribution in [-0.2, 0) is 18.4 Å². The van der Waals surface area contributed by atoms with Gasteiger partial charge in [-0.25, -0.2) is 15.0 Å². The third kappa shape index (κ3) is 5.06. The van der Waals surface area contributed by atoms with Gasteiger partial charge >= 0.3 is 11.1 Å². The molecule has 0 radical (unpaired) electrons. The number of nitrogens with one attached hydrogen (secondary N) is 2. The standard InChI is InChI=1S/C23H27ClN8O3/c1-30-18-8-15(24)12-26-20(18)32(22(35)21(30)34)17-4-6-31(7-5-17)23-27-10-14(11-28-23)9-25-13-19(33)29-16-2-3-16/h8,10-12,16-17,25H,2-7,9,13H2,1H3,(H,29,33). The van der Waals surface area contributed by atoms with E-state index in [1.807, 2.05) is 0 Å². The van der Waals surface area contributed by atoms with Gasteiger partial charge in [-0.15, -0.1) is 0 Å². The second kappa shape index (κ2) is 9.74. The number of carbonyl (C=O) groups is 1. The zero-order valence-electron chi connectivity index (χ0n) is 19.4. The molecule has 0 bridgehead atoms. The summed E-state index contributed by atoms with van der Waals surface area (Å²) < 4.78 is 2.81. The Bertz CT molecular complexity index is 1360. The highest BCUT2D eigenvalue weighted by Gasteiger charge is 2.26. The van der Waals surface area contributed by atoms with Crippen LogP contribution in [0.5, 0.6) is 0 Å². The summed E-state index contributed by atoms with van der Waals surface area (Å²) in [7, 11) is 1.55. The van der Waals surface area contributed by atoms with Crippen LogP contribution in [0, 0.1) is 0 Å². The molecule has 184 valence electrons. The normalized spacial score (nSPS) is 16.6. The number of carbonyl (C=O) groups excluding carboxylic acids is 1. The number of aromatic nitrogens is 5. The van der Waals surface area contributed by atoms with E-state index in [2.05, 4.69) is 30.5 Å². The lowest BCUT2D eigenvalue weighted by atomic mass is 10.0. The molecule has 12 heteroatoms. The van der Waals surface area contributed by atoms with Crippen LogP contribution in [0.25, 0.3) is 11.2 Å². The van der Waals surface area contributed by atoms with Gasteiger partial charge in [0, 0.05) is 62.9 Å². The van der Waals surface area contributed by atoms with Gasteiger partial charge in [-0.3, -0.25) is 19.0 Å². The minimum Gasteiger partial charge on any atom is -0.352 e. The molecular formula is C23H27ClN8O3. The first-order chi connectivity index (χ1) is 16.9. The minimum absolute atomic E-state index is 0.00867. The number of nitrogens with zero attached hydrogens (tertiary/aromatic N) is 6. The molecule has 2 N–H and O–H groups in total. The highest BCUT2D eigenvalue weighted by Crippen LogP contribution is 2.26. The van der Waals surface area contributed by atoms with E-state index in [1.165, 1.54) is 15.3 Å². The molecule has 1 amide bonds. The average Bonchev–Trinajstić information content (AvgIpc) is 3.68. The molecular weight excluding hydrogens is 472 g/mol. The molecule has 11 nitrogen and oxygen atoms in total. The Balaban J connectivity index is 1.22. The molecule has 3 aromatic heterocycles. The molecule has 4 heterocycles. The number of amides is 1. The lowest BCUT2D eigenvalue weighted by Gasteiger charge is -2.33. The fourth-order valence-electron chi connectivity index (χ4n) is 4.40. The van der Waals surface area contributed by atoms with E-state index in [4.69, 9.17) is 11.6 Å². The Morgan fingerprint density at radius 2 is 1.77 bits per heavy atom. The summed E-state index contributed by atoms with van der Waals surface area (Å²) in [5.41, 5.74) is 0.709. The van der Waals surface area contributed by atoms with Gasteiger partial charge in [0.15, 0.2) is 5.65 Å². The number of hydrogen-bond acceptors (Lipinski definition) is 8. The van der Waals surface area contributed by atoms with Crippen LogP contribution in [0.15, 0.2) is 34.2 Å². The Morgan fingerprint density at radius 3 is 2.46 bits per heavy atom. The maximum Gasteiger partial charge on any atom is 0.318 e. The highest BCUT2D eigenvalue weighted by atomic mass is 35.5. The van der Waals surface area contributed by atoms with Gasteiger partial charge in [0.05, 0.1) is 17.1 Å². The molecule has 0 unspecified atom stereocenters. The monoisotopic (exact) mass is 498 g/mol. The lowest BCUT2D eigenvalue weighted by molar-refractivity contribution is -0.120. The van der Waals surface area contributed by atoms with E-state index in [0.717, 1.165) is 18.4 Å². The predicted octanol–water partition coefficient (Wildman–Crippen LogP) is 0.748. The number of pyridine rings is 1. The van der Waals surface area contributed by atoms with Gasteiger partial charge in [0.2, 0.25) is 11.9 Å². The van der Waals surface area contributed by atoms with Crippen molar-refractivity contribution in [2.45, 2.75) is 44.3 Å². The zero-order chi connectivity index (χ0) is 24.5. The Morgan fingerprint density at radius 1 is 1.06 bits per heavy atom. The molecule has 1 saturated carbocycles.